The van der Waals surface area contributed by atoms with E-state index in [-0.39, 0.29) is 0 Å². The Balaban J connectivity index is 2.21. The van der Waals surface area contributed by atoms with E-state index >= 15 is 0 Å². The van der Waals surface area contributed by atoms with Gasteiger partial charge in [0, 0.05) is 13.1 Å². The van der Waals surface area contributed by atoms with E-state index in [0.717, 1.165) is 28.9 Å². The Morgan fingerprint density at radius 3 is 2.42 bits per heavy atom. The van der Waals surface area contributed by atoms with Gasteiger partial charge in [-0.25, -0.2) is 0 Å². The normalized spacial score (nSPS) is 27.3. The summed E-state index contributed by atoms with van der Waals surface area (Å²) in [4.78, 5) is 0.421. The van der Waals surface area contributed by atoms with Gasteiger partial charge in [-0.2, -0.15) is 5.10 Å². The number of aryl methyl sites for hydroxylation is 2. The second-order valence-electron chi connectivity index (χ2n) is 6.06. The van der Waals surface area contributed by atoms with Crippen LogP contribution in [0.4, 0.5) is 5.82 Å². The number of anilines is 1. The van der Waals surface area contributed by atoms with Crippen LogP contribution < -0.4 is 11.1 Å². The predicted molar refractivity (Wildman–Crippen MR) is 83.4 cm³/mol. The van der Waals surface area contributed by atoms with Crippen molar-refractivity contribution in [1.29, 1.82) is 0 Å². The van der Waals surface area contributed by atoms with Crippen LogP contribution in [0.2, 0.25) is 0 Å². The summed E-state index contributed by atoms with van der Waals surface area (Å²) in [5, 5.41) is 8.04. The van der Waals surface area contributed by atoms with E-state index < -0.39 is 0 Å². The standard InChI is InChI=1S/C14H24N4S/c1-8-5-9(2)7-11(6-8)16-14-12(13(15)19)10(3)17-18(14)4/h8-9,11,16H,5-7H2,1-4H3,(H2,15,19). The summed E-state index contributed by atoms with van der Waals surface area (Å²) in [6.07, 6.45) is 3.72. The fourth-order valence-corrected chi connectivity index (χ4v) is 3.62. The summed E-state index contributed by atoms with van der Waals surface area (Å²) in [5.41, 5.74) is 7.62. The van der Waals surface area contributed by atoms with Crippen molar-refractivity contribution in [1.82, 2.24) is 9.78 Å². The Morgan fingerprint density at radius 1 is 1.32 bits per heavy atom. The number of rotatable bonds is 3. The van der Waals surface area contributed by atoms with Gasteiger partial charge >= 0.3 is 0 Å². The zero-order valence-corrected chi connectivity index (χ0v) is 13.0. The molecule has 5 heteroatoms. The largest absolute Gasteiger partial charge is 0.389 e. The van der Waals surface area contributed by atoms with Crippen molar-refractivity contribution in [2.24, 2.45) is 24.6 Å². The van der Waals surface area contributed by atoms with Crippen molar-refractivity contribution in [3.63, 3.8) is 0 Å². The van der Waals surface area contributed by atoms with Crippen LogP contribution in [0.5, 0.6) is 0 Å². The molecule has 0 aromatic carbocycles. The highest BCUT2D eigenvalue weighted by Gasteiger charge is 2.26. The van der Waals surface area contributed by atoms with Crippen molar-refractivity contribution in [2.75, 3.05) is 5.32 Å². The van der Waals surface area contributed by atoms with Crippen LogP contribution in [-0.4, -0.2) is 20.8 Å². The smallest absolute Gasteiger partial charge is 0.134 e. The van der Waals surface area contributed by atoms with E-state index in [1.807, 2.05) is 18.7 Å². The zero-order valence-electron chi connectivity index (χ0n) is 12.2. The van der Waals surface area contributed by atoms with Crippen LogP contribution >= 0.6 is 12.2 Å². The van der Waals surface area contributed by atoms with Crippen LogP contribution in [0.15, 0.2) is 0 Å². The van der Waals surface area contributed by atoms with E-state index in [9.17, 15) is 0 Å². The monoisotopic (exact) mass is 280 g/mol. The molecule has 4 nitrogen and oxygen atoms in total. The van der Waals surface area contributed by atoms with Crippen LogP contribution in [0.25, 0.3) is 0 Å². The van der Waals surface area contributed by atoms with Gasteiger partial charge in [0.2, 0.25) is 0 Å². The minimum Gasteiger partial charge on any atom is -0.389 e. The van der Waals surface area contributed by atoms with Crippen LogP contribution in [-0.2, 0) is 7.05 Å². The lowest BCUT2D eigenvalue weighted by Crippen LogP contribution is -2.31. The first kappa shape index (κ1) is 14.3. The molecule has 2 atom stereocenters. The molecule has 0 saturated heterocycles. The molecule has 0 amide bonds. The summed E-state index contributed by atoms with van der Waals surface area (Å²) < 4.78 is 1.85. The third-order valence-corrected chi connectivity index (χ3v) is 4.19. The van der Waals surface area contributed by atoms with E-state index in [2.05, 4.69) is 24.3 Å². The van der Waals surface area contributed by atoms with Gasteiger partial charge in [0.25, 0.3) is 0 Å². The topological polar surface area (TPSA) is 55.9 Å². The molecule has 3 N–H and O–H groups in total. The molecule has 0 aliphatic heterocycles. The third-order valence-electron chi connectivity index (χ3n) is 3.99. The van der Waals surface area contributed by atoms with Crippen molar-refractivity contribution < 1.29 is 0 Å². The first-order chi connectivity index (χ1) is 8.88. The summed E-state index contributed by atoms with van der Waals surface area (Å²) in [5.74, 6) is 2.50. The van der Waals surface area contributed by atoms with Gasteiger partial charge in [-0.1, -0.05) is 26.1 Å². The Hall–Kier alpha value is -1.10. The minimum atomic E-state index is 0.421. The summed E-state index contributed by atoms with van der Waals surface area (Å²) in [7, 11) is 1.94. The number of nitrogens with two attached hydrogens (primary N) is 1. The molecule has 1 aliphatic carbocycles. The van der Waals surface area contributed by atoms with E-state index in [1.54, 1.807) is 0 Å². The third kappa shape index (κ3) is 3.08. The van der Waals surface area contributed by atoms with Gasteiger partial charge in [0.15, 0.2) is 0 Å². The number of thiocarbonyl (C=S) groups is 1. The lowest BCUT2D eigenvalue weighted by Gasteiger charge is -2.32. The zero-order chi connectivity index (χ0) is 14.2. The summed E-state index contributed by atoms with van der Waals surface area (Å²) in [6.45, 7) is 6.60. The number of nitrogens with zero attached hydrogens (tertiary/aromatic N) is 2. The molecule has 0 spiro atoms. The molecule has 0 radical (unpaired) electrons. The number of aromatic nitrogens is 2. The minimum absolute atomic E-state index is 0.421. The average Bonchev–Trinajstić information content (AvgIpc) is 2.52. The first-order valence-electron chi connectivity index (χ1n) is 6.98. The van der Waals surface area contributed by atoms with Gasteiger partial charge in [-0.05, 0) is 38.0 Å². The van der Waals surface area contributed by atoms with Gasteiger partial charge < -0.3 is 11.1 Å². The average molecular weight is 280 g/mol. The lowest BCUT2D eigenvalue weighted by molar-refractivity contribution is 0.280. The second kappa shape index (κ2) is 5.49. The molecule has 2 unspecified atom stereocenters. The number of hydrogen-bond donors (Lipinski definition) is 2. The molecule has 1 saturated carbocycles. The maximum Gasteiger partial charge on any atom is 0.134 e. The molecule has 19 heavy (non-hydrogen) atoms. The fraction of sp³-hybridized carbons (Fsp3) is 0.714. The van der Waals surface area contributed by atoms with E-state index in [4.69, 9.17) is 18.0 Å². The highest BCUT2D eigenvalue weighted by atomic mass is 32.1. The van der Waals surface area contributed by atoms with E-state index in [0.29, 0.717) is 11.0 Å². The Labute approximate surface area is 120 Å². The molecule has 0 bridgehead atoms. The maximum atomic E-state index is 5.83. The Morgan fingerprint density at radius 2 is 1.89 bits per heavy atom. The molecule has 1 aliphatic rings. The second-order valence-corrected chi connectivity index (χ2v) is 6.50. The molecular weight excluding hydrogens is 256 g/mol. The summed E-state index contributed by atoms with van der Waals surface area (Å²) in [6, 6.07) is 0.488. The molecule has 106 valence electrons. The molecule has 1 aromatic rings. The van der Waals surface area contributed by atoms with Crippen LogP contribution in [0.1, 0.15) is 44.4 Å². The van der Waals surface area contributed by atoms with Crippen LogP contribution in [0.3, 0.4) is 0 Å². The van der Waals surface area contributed by atoms with Gasteiger partial charge in [-0.15, -0.1) is 0 Å². The quantitative estimate of drug-likeness (QED) is 0.836. The molecular formula is C14H24N4S. The highest BCUT2D eigenvalue weighted by molar-refractivity contribution is 7.80. The fourth-order valence-electron chi connectivity index (χ4n) is 3.38. The molecule has 1 fully saturated rings. The number of hydrogen-bond acceptors (Lipinski definition) is 3. The van der Waals surface area contributed by atoms with Gasteiger partial charge in [0.1, 0.15) is 10.8 Å². The van der Waals surface area contributed by atoms with Crippen molar-refractivity contribution in [3.05, 3.63) is 11.3 Å². The SMILES string of the molecule is Cc1nn(C)c(NC2CC(C)CC(C)C2)c1C(N)=S. The van der Waals surface area contributed by atoms with Crippen molar-refractivity contribution >= 4 is 23.0 Å². The van der Waals surface area contributed by atoms with Gasteiger partial charge in [-0.3, -0.25) is 4.68 Å². The Kier molecular flexibility index (Phi) is 4.13. The van der Waals surface area contributed by atoms with E-state index in [1.165, 1.54) is 19.3 Å². The van der Waals surface area contributed by atoms with Crippen molar-refractivity contribution in [3.8, 4) is 0 Å². The molecule has 1 aromatic heterocycles. The van der Waals surface area contributed by atoms with Gasteiger partial charge in [0.05, 0.1) is 11.3 Å². The highest BCUT2D eigenvalue weighted by Crippen LogP contribution is 2.31. The molecule has 2 rings (SSSR count). The lowest BCUT2D eigenvalue weighted by atomic mass is 9.80. The predicted octanol–water partition coefficient (Wildman–Crippen LogP) is 2.60. The Bertz CT molecular complexity index is 470. The van der Waals surface area contributed by atoms with Crippen LogP contribution in [0, 0.1) is 18.8 Å². The summed E-state index contributed by atoms with van der Waals surface area (Å²) >= 11 is 5.15. The van der Waals surface area contributed by atoms with Crippen molar-refractivity contribution in [2.45, 2.75) is 46.1 Å². The number of nitrogens with one attached hydrogen (secondary N) is 1. The molecule has 1 heterocycles. The maximum absolute atomic E-state index is 5.83. The first-order valence-corrected chi connectivity index (χ1v) is 7.39.